The molecule has 1 atom stereocenters. The molecule has 0 N–H and O–H groups in total. The zero-order chi connectivity index (χ0) is 10.6. The molecular weight excluding hydrogens is 195 g/mol. The fraction of sp³-hybridized carbons (Fsp3) is 0.455. The minimum atomic E-state index is -0.138. The van der Waals surface area contributed by atoms with Crippen LogP contribution >= 0.6 is 9.03 Å². The molecule has 0 aliphatic rings. The topological polar surface area (TPSA) is 18.5 Å². The Balaban J connectivity index is 2.43. The Hall–Kier alpha value is -0.590. The second kappa shape index (κ2) is 4.77. The highest BCUT2D eigenvalue weighted by atomic mass is 31.1. The molecule has 0 fully saturated rings. The molecule has 0 spiro atoms. The summed E-state index contributed by atoms with van der Waals surface area (Å²) in [4.78, 5) is 0. The fourth-order valence-electron chi connectivity index (χ4n) is 0.862. The SMILES string of the molecule is Cc1ccccc1OPOC(C)(C)C. The summed E-state index contributed by atoms with van der Waals surface area (Å²) in [5.41, 5.74) is 0.999. The van der Waals surface area contributed by atoms with E-state index < -0.39 is 0 Å². The lowest BCUT2D eigenvalue weighted by atomic mass is 10.2. The van der Waals surface area contributed by atoms with Crippen molar-refractivity contribution >= 4 is 9.03 Å². The van der Waals surface area contributed by atoms with Crippen LogP contribution < -0.4 is 4.52 Å². The van der Waals surface area contributed by atoms with Gasteiger partial charge in [-0.1, -0.05) is 18.2 Å². The van der Waals surface area contributed by atoms with Crippen LogP contribution in [0.15, 0.2) is 24.3 Å². The largest absolute Gasteiger partial charge is 0.449 e. The van der Waals surface area contributed by atoms with Crippen molar-refractivity contribution in [1.82, 2.24) is 0 Å². The van der Waals surface area contributed by atoms with Gasteiger partial charge >= 0.3 is 0 Å². The van der Waals surface area contributed by atoms with Gasteiger partial charge in [-0.15, -0.1) is 0 Å². The highest BCUT2D eigenvalue weighted by Gasteiger charge is 2.10. The highest BCUT2D eigenvalue weighted by molar-refractivity contribution is 7.26. The molecule has 0 bridgehead atoms. The van der Waals surface area contributed by atoms with Gasteiger partial charge in [0.2, 0.25) is 9.03 Å². The molecule has 78 valence electrons. The van der Waals surface area contributed by atoms with Crippen molar-refractivity contribution in [3.63, 3.8) is 0 Å². The Labute approximate surface area is 87.6 Å². The molecule has 1 unspecified atom stereocenters. The summed E-state index contributed by atoms with van der Waals surface area (Å²) in [5, 5.41) is 0. The van der Waals surface area contributed by atoms with E-state index in [1.807, 2.05) is 52.0 Å². The summed E-state index contributed by atoms with van der Waals surface area (Å²) in [7, 11) is 0.0575. The molecule has 2 nitrogen and oxygen atoms in total. The van der Waals surface area contributed by atoms with E-state index in [9.17, 15) is 0 Å². The van der Waals surface area contributed by atoms with E-state index >= 15 is 0 Å². The van der Waals surface area contributed by atoms with Gasteiger partial charge in [-0.2, -0.15) is 0 Å². The first-order chi connectivity index (χ1) is 6.49. The molecule has 0 aliphatic carbocycles. The second-order valence-electron chi connectivity index (χ2n) is 4.17. The maximum atomic E-state index is 5.52. The lowest BCUT2D eigenvalue weighted by Crippen LogP contribution is -2.14. The predicted molar refractivity (Wildman–Crippen MR) is 61.0 cm³/mol. The summed E-state index contributed by atoms with van der Waals surface area (Å²) in [6, 6.07) is 7.94. The molecule has 0 heterocycles. The molecular formula is C11H17O2P. The van der Waals surface area contributed by atoms with E-state index in [-0.39, 0.29) is 14.6 Å². The summed E-state index contributed by atoms with van der Waals surface area (Å²) in [6.07, 6.45) is 0. The monoisotopic (exact) mass is 212 g/mol. The fourth-order valence-corrected chi connectivity index (χ4v) is 1.47. The number of hydrogen-bond acceptors (Lipinski definition) is 2. The number of hydrogen-bond donors (Lipinski definition) is 0. The van der Waals surface area contributed by atoms with Gasteiger partial charge in [0.25, 0.3) is 0 Å². The molecule has 3 heteroatoms. The summed E-state index contributed by atoms with van der Waals surface area (Å²) >= 11 is 0. The number of para-hydroxylation sites is 1. The van der Waals surface area contributed by atoms with Gasteiger partial charge in [0, 0.05) is 0 Å². The molecule has 1 aromatic rings. The standard InChI is InChI=1S/C11H17O2P/c1-9-7-5-6-8-10(9)12-14-13-11(2,3)4/h5-8,14H,1-4H3. The second-order valence-corrected chi connectivity index (χ2v) is 4.74. The normalized spacial score (nSPS) is 12.3. The minimum absolute atomic E-state index is 0.0575. The van der Waals surface area contributed by atoms with Gasteiger partial charge in [0.05, 0.1) is 5.60 Å². The molecule has 0 aromatic heterocycles. The Bertz CT molecular complexity index is 292. The molecule has 1 rings (SSSR count). The molecule has 0 radical (unpaired) electrons. The van der Waals surface area contributed by atoms with Crippen molar-refractivity contribution in [1.29, 1.82) is 0 Å². The third-order valence-corrected chi connectivity index (χ3v) is 2.59. The van der Waals surface area contributed by atoms with Crippen LogP contribution in [0.5, 0.6) is 5.75 Å². The van der Waals surface area contributed by atoms with Gasteiger partial charge < -0.3 is 9.05 Å². The van der Waals surface area contributed by atoms with Gasteiger partial charge in [0.1, 0.15) is 5.75 Å². The third-order valence-electron chi connectivity index (χ3n) is 1.59. The zero-order valence-corrected chi connectivity index (χ0v) is 10.1. The van der Waals surface area contributed by atoms with Crippen LogP contribution in [0.3, 0.4) is 0 Å². The lowest BCUT2D eigenvalue weighted by Gasteiger charge is -2.19. The molecule has 1 aromatic carbocycles. The molecule has 0 saturated heterocycles. The smallest absolute Gasteiger partial charge is 0.215 e. The predicted octanol–water partition coefficient (Wildman–Crippen LogP) is 3.70. The van der Waals surface area contributed by atoms with Crippen LogP contribution in [0.4, 0.5) is 0 Å². The summed E-state index contributed by atoms with van der Waals surface area (Å²) in [5.74, 6) is 0.898. The van der Waals surface area contributed by atoms with Crippen molar-refractivity contribution < 1.29 is 9.05 Å². The van der Waals surface area contributed by atoms with Crippen LogP contribution in [-0.4, -0.2) is 5.60 Å². The van der Waals surface area contributed by atoms with Crippen LogP contribution in [0.2, 0.25) is 0 Å². The van der Waals surface area contributed by atoms with Crippen LogP contribution in [-0.2, 0) is 4.52 Å². The van der Waals surface area contributed by atoms with E-state index in [0.29, 0.717) is 0 Å². The van der Waals surface area contributed by atoms with Crippen molar-refractivity contribution in [2.75, 3.05) is 0 Å². The first kappa shape index (κ1) is 11.5. The lowest BCUT2D eigenvalue weighted by molar-refractivity contribution is 0.143. The van der Waals surface area contributed by atoms with Gasteiger partial charge in [-0.05, 0) is 39.3 Å². The van der Waals surface area contributed by atoms with E-state index in [1.54, 1.807) is 0 Å². The van der Waals surface area contributed by atoms with Gasteiger partial charge in [-0.25, -0.2) is 0 Å². The molecule has 0 saturated carbocycles. The number of rotatable bonds is 3. The van der Waals surface area contributed by atoms with Crippen molar-refractivity contribution in [2.45, 2.75) is 33.3 Å². The first-order valence-corrected chi connectivity index (χ1v) is 5.46. The van der Waals surface area contributed by atoms with E-state index in [0.717, 1.165) is 11.3 Å². The van der Waals surface area contributed by atoms with E-state index in [4.69, 9.17) is 9.05 Å². The summed E-state index contributed by atoms with van der Waals surface area (Å²) in [6.45, 7) is 8.07. The highest BCUT2D eigenvalue weighted by Crippen LogP contribution is 2.28. The van der Waals surface area contributed by atoms with Crippen LogP contribution in [0.1, 0.15) is 26.3 Å². The molecule has 0 aliphatic heterocycles. The molecule has 14 heavy (non-hydrogen) atoms. The molecule has 0 amide bonds. The van der Waals surface area contributed by atoms with E-state index in [1.165, 1.54) is 0 Å². The first-order valence-electron chi connectivity index (χ1n) is 4.64. The van der Waals surface area contributed by atoms with Crippen molar-refractivity contribution in [3.8, 4) is 5.75 Å². The maximum absolute atomic E-state index is 5.52. The Morgan fingerprint density at radius 2 is 1.79 bits per heavy atom. The number of benzene rings is 1. The number of aryl methyl sites for hydroxylation is 1. The average Bonchev–Trinajstić information content (AvgIpc) is 2.06. The Morgan fingerprint density at radius 3 is 2.36 bits per heavy atom. The summed E-state index contributed by atoms with van der Waals surface area (Å²) < 4.78 is 11.0. The quantitative estimate of drug-likeness (QED) is 0.711. The van der Waals surface area contributed by atoms with E-state index in [2.05, 4.69) is 0 Å². The van der Waals surface area contributed by atoms with Crippen LogP contribution in [0.25, 0.3) is 0 Å². The van der Waals surface area contributed by atoms with Gasteiger partial charge in [-0.3, -0.25) is 0 Å². The Morgan fingerprint density at radius 1 is 1.14 bits per heavy atom. The van der Waals surface area contributed by atoms with Crippen molar-refractivity contribution in [3.05, 3.63) is 29.8 Å². The average molecular weight is 212 g/mol. The Kier molecular flexibility index (Phi) is 3.91. The van der Waals surface area contributed by atoms with Gasteiger partial charge in [0.15, 0.2) is 0 Å². The van der Waals surface area contributed by atoms with Crippen LogP contribution in [0, 0.1) is 6.92 Å². The minimum Gasteiger partial charge on any atom is -0.449 e. The maximum Gasteiger partial charge on any atom is 0.215 e. The van der Waals surface area contributed by atoms with Crippen molar-refractivity contribution in [2.24, 2.45) is 0 Å². The third kappa shape index (κ3) is 4.08. The zero-order valence-electron chi connectivity index (χ0n) is 9.13.